The van der Waals surface area contributed by atoms with Crippen molar-refractivity contribution in [1.82, 2.24) is 0 Å². The predicted octanol–water partition coefficient (Wildman–Crippen LogP) is 2.07. The number of benzene rings is 1. The Morgan fingerprint density at radius 3 is 2.62 bits per heavy atom. The molecule has 0 saturated heterocycles. The lowest BCUT2D eigenvalue weighted by atomic mass is 10.2. The van der Waals surface area contributed by atoms with Crippen LogP contribution in [0.15, 0.2) is 18.2 Å². The summed E-state index contributed by atoms with van der Waals surface area (Å²) in [7, 11) is 0. The van der Waals surface area contributed by atoms with E-state index < -0.39 is 0 Å². The minimum atomic E-state index is -0.307. The Bertz CT molecular complexity index is 286. The molecular weight excluding hydrogens is 169 g/mol. The fraction of sp³-hybridized carbons (Fsp3) is 0.400. The molecule has 1 aromatic carbocycles. The number of nitrogens with two attached hydrogens (primary N) is 1. The van der Waals surface area contributed by atoms with E-state index in [4.69, 9.17) is 10.5 Å². The summed E-state index contributed by atoms with van der Waals surface area (Å²) in [5.41, 5.74) is 6.14. The van der Waals surface area contributed by atoms with Crippen LogP contribution in [-0.4, -0.2) is 6.10 Å². The van der Waals surface area contributed by atoms with E-state index >= 15 is 0 Å². The molecule has 0 radical (unpaired) electrons. The van der Waals surface area contributed by atoms with Crippen molar-refractivity contribution in [2.75, 3.05) is 0 Å². The van der Waals surface area contributed by atoms with Crippen LogP contribution in [0.5, 0.6) is 5.75 Å². The van der Waals surface area contributed by atoms with Gasteiger partial charge in [-0.2, -0.15) is 0 Å². The van der Waals surface area contributed by atoms with Gasteiger partial charge >= 0.3 is 0 Å². The highest BCUT2D eigenvalue weighted by molar-refractivity contribution is 5.29. The molecule has 1 rings (SSSR count). The summed E-state index contributed by atoms with van der Waals surface area (Å²) < 4.78 is 18.3. The van der Waals surface area contributed by atoms with Crippen LogP contribution in [0.25, 0.3) is 0 Å². The molecule has 0 amide bonds. The lowest BCUT2D eigenvalue weighted by Gasteiger charge is -2.10. The molecular formula is C10H14FNO. The molecule has 0 spiro atoms. The van der Waals surface area contributed by atoms with Crippen LogP contribution in [0.3, 0.4) is 0 Å². The molecule has 0 fully saturated rings. The Labute approximate surface area is 77.5 Å². The van der Waals surface area contributed by atoms with Gasteiger partial charge in [0.15, 0.2) is 0 Å². The van der Waals surface area contributed by atoms with E-state index in [1.54, 1.807) is 6.07 Å². The monoisotopic (exact) mass is 183 g/mol. The topological polar surface area (TPSA) is 35.2 Å². The highest BCUT2D eigenvalue weighted by Gasteiger charge is 2.02. The first kappa shape index (κ1) is 9.99. The summed E-state index contributed by atoms with van der Waals surface area (Å²) in [5.74, 6) is 0.231. The van der Waals surface area contributed by atoms with Crippen LogP contribution in [0, 0.1) is 5.82 Å². The quantitative estimate of drug-likeness (QED) is 0.778. The van der Waals surface area contributed by atoms with Gasteiger partial charge in [-0.3, -0.25) is 0 Å². The zero-order valence-corrected chi connectivity index (χ0v) is 7.88. The van der Waals surface area contributed by atoms with Crippen LogP contribution in [0.4, 0.5) is 4.39 Å². The molecule has 13 heavy (non-hydrogen) atoms. The molecule has 2 N–H and O–H groups in total. The number of hydrogen-bond donors (Lipinski definition) is 1. The number of ether oxygens (including phenoxy) is 1. The van der Waals surface area contributed by atoms with Crippen LogP contribution < -0.4 is 10.5 Å². The van der Waals surface area contributed by atoms with Gasteiger partial charge in [0, 0.05) is 12.6 Å². The average molecular weight is 183 g/mol. The summed E-state index contributed by atoms with van der Waals surface area (Å²) in [6.45, 7) is 4.12. The van der Waals surface area contributed by atoms with Crippen molar-refractivity contribution in [3.63, 3.8) is 0 Å². The van der Waals surface area contributed by atoms with Crippen LogP contribution in [0.2, 0.25) is 0 Å². The van der Waals surface area contributed by atoms with E-state index in [1.807, 2.05) is 13.8 Å². The molecule has 0 atom stereocenters. The fourth-order valence-electron chi connectivity index (χ4n) is 1.08. The van der Waals surface area contributed by atoms with Gasteiger partial charge < -0.3 is 10.5 Å². The Morgan fingerprint density at radius 2 is 2.08 bits per heavy atom. The molecule has 2 nitrogen and oxygen atoms in total. The van der Waals surface area contributed by atoms with Crippen molar-refractivity contribution in [2.24, 2.45) is 5.73 Å². The number of hydrogen-bond acceptors (Lipinski definition) is 2. The molecule has 72 valence electrons. The lowest BCUT2D eigenvalue weighted by molar-refractivity contribution is 0.241. The van der Waals surface area contributed by atoms with Gasteiger partial charge in [0.05, 0.1) is 6.10 Å². The third-order valence-corrected chi connectivity index (χ3v) is 1.54. The first-order valence-electron chi connectivity index (χ1n) is 4.28. The Kier molecular flexibility index (Phi) is 3.25. The molecule has 3 heteroatoms. The highest BCUT2D eigenvalue weighted by Crippen LogP contribution is 2.17. The summed E-state index contributed by atoms with van der Waals surface area (Å²) >= 11 is 0. The Morgan fingerprint density at radius 1 is 1.38 bits per heavy atom. The number of rotatable bonds is 3. The van der Waals surface area contributed by atoms with Gasteiger partial charge in [-0.15, -0.1) is 0 Å². The summed E-state index contributed by atoms with van der Waals surface area (Å²) in [4.78, 5) is 0. The van der Waals surface area contributed by atoms with Gasteiger partial charge in [0.25, 0.3) is 0 Å². The van der Waals surface area contributed by atoms with E-state index in [1.165, 1.54) is 12.1 Å². The lowest BCUT2D eigenvalue weighted by Crippen LogP contribution is -2.06. The third kappa shape index (κ3) is 3.03. The zero-order valence-electron chi connectivity index (χ0n) is 7.88. The summed E-state index contributed by atoms with van der Waals surface area (Å²) in [6, 6.07) is 4.52. The standard InChI is InChI=1S/C10H14FNO/c1-7(2)13-10-4-8(6-12)3-9(11)5-10/h3-5,7H,6,12H2,1-2H3. The average Bonchev–Trinajstić information content (AvgIpc) is 2.01. The molecule has 0 unspecified atom stereocenters. The largest absolute Gasteiger partial charge is 0.491 e. The second kappa shape index (κ2) is 4.23. The van der Waals surface area contributed by atoms with E-state index in [2.05, 4.69) is 0 Å². The molecule has 0 heterocycles. The van der Waals surface area contributed by atoms with Crippen LogP contribution in [0.1, 0.15) is 19.4 Å². The highest BCUT2D eigenvalue weighted by atomic mass is 19.1. The third-order valence-electron chi connectivity index (χ3n) is 1.54. The molecule has 0 aliphatic carbocycles. The van der Waals surface area contributed by atoms with E-state index in [0.717, 1.165) is 5.56 Å². The van der Waals surface area contributed by atoms with E-state index in [9.17, 15) is 4.39 Å². The van der Waals surface area contributed by atoms with Gasteiger partial charge in [-0.25, -0.2) is 4.39 Å². The Balaban J connectivity index is 2.88. The van der Waals surface area contributed by atoms with Crippen LogP contribution >= 0.6 is 0 Å². The molecule has 0 aliphatic heterocycles. The maximum absolute atomic E-state index is 12.9. The second-order valence-corrected chi connectivity index (χ2v) is 3.17. The molecule has 0 aliphatic rings. The van der Waals surface area contributed by atoms with Crippen molar-refractivity contribution in [3.05, 3.63) is 29.6 Å². The molecule has 0 bridgehead atoms. The zero-order chi connectivity index (χ0) is 9.84. The molecule has 0 saturated carbocycles. The van der Waals surface area contributed by atoms with Gasteiger partial charge in [0.1, 0.15) is 11.6 Å². The van der Waals surface area contributed by atoms with Crippen molar-refractivity contribution in [1.29, 1.82) is 0 Å². The molecule has 0 aromatic heterocycles. The van der Waals surface area contributed by atoms with E-state index in [-0.39, 0.29) is 11.9 Å². The summed E-state index contributed by atoms with van der Waals surface area (Å²) in [6.07, 6.45) is 0.0485. The first-order valence-corrected chi connectivity index (χ1v) is 4.28. The normalized spacial score (nSPS) is 10.5. The first-order chi connectivity index (χ1) is 6.11. The molecule has 1 aromatic rings. The van der Waals surface area contributed by atoms with Gasteiger partial charge in [-0.05, 0) is 31.5 Å². The fourth-order valence-corrected chi connectivity index (χ4v) is 1.08. The second-order valence-electron chi connectivity index (χ2n) is 3.17. The SMILES string of the molecule is CC(C)Oc1cc(F)cc(CN)c1. The maximum Gasteiger partial charge on any atom is 0.127 e. The maximum atomic E-state index is 12.9. The summed E-state index contributed by atoms with van der Waals surface area (Å²) in [5, 5.41) is 0. The van der Waals surface area contributed by atoms with E-state index in [0.29, 0.717) is 12.3 Å². The minimum absolute atomic E-state index is 0.0485. The number of halogens is 1. The minimum Gasteiger partial charge on any atom is -0.491 e. The van der Waals surface area contributed by atoms with Crippen molar-refractivity contribution >= 4 is 0 Å². The Hall–Kier alpha value is -1.09. The smallest absolute Gasteiger partial charge is 0.127 e. The van der Waals surface area contributed by atoms with Crippen molar-refractivity contribution < 1.29 is 9.13 Å². The van der Waals surface area contributed by atoms with Crippen molar-refractivity contribution in [3.8, 4) is 5.75 Å². The predicted molar refractivity (Wildman–Crippen MR) is 50.1 cm³/mol. The van der Waals surface area contributed by atoms with Gasteiger partial charge in [-0.1, -0.05) is 0 Å². The van der Waals surface area contributed by atoms with Crippen molar-refractivity contribution in [2.45, 2.75) is 26.5 Å². The van der Waals surface area contributed by atoms with Crippen LogP contribution in [-0.2, 0) is 6.54 Å². The van der Waals surface area contributed by atoms with Gasteiger partial charge in [0.2, 0.25) is 0 Å².